The summed E-state index contributed by atoms with van der Waals surface area (Å²) in [5.74, 6) is 8.99. The fraction of sp³-hybridized carbons (Fsp3) is 0. The molecule has 0 amide bonds. The first-order valence-corrected chi connectivity index (χ1v) is 2.00. The van der Waals surface area contributed by atoms with E-state index in [0.717, 1.165) is 12.7 Å². The zero-order valence-corrected chi connectivity index (χ0v) is 7.15. The van der Waals surface area contributed by atoms with E-state index in [1.807, 2.05) is 0 Å². The Balaban J connectivity index is -0.0000000457. The van der Waals surface area contributed by atoms with Gasteiger partial charge in [-0.3, -0.25) is 0 Å². The molecule has 0 aromatic carbocycles. The molecule has 0 bridgehead atoms. The lowest BCUT2D eigenvalue weighted by atomic mass is 11.4. The molecule has 0 unspecified atom stereocenters. The molecule has 12 heavy (non-hydrogen) atoms. The van der Waals surface area contributed by atoms with Crippen LogP contribution in [0.1, 0.15) is 0 Å². The third kappa shape index (κ3) is 80.2. The van der Waals surface area contributed by atoms with E-state index < -0.39 is 0 Å². The number of halogens is 1. The van der Waals surface area contributed by atoms with Gasteiger partial charge in [0.2, 0.25) is 0 Å². The largest absolute Gasteiger partial charge is 0.344 e. The first kappa shape index (κ1) is 22.4. The van der Waals surface area contributed by atoms with Gasteiger partial charge in [0.1, 0.15) is 0 Å². The van der Waals surface area contributed by atoms with Gasteiger partial charge in [0.25, 0.3) is 0 Å². The number of hydrogen-bond acceptors (Lipinski definition) is 7. The van der Waals surface area contributed by atoms with E-state index in [1.54, 1.807) is 0 Å². The van der Waals surface area contributed by atoms with Gasteiger partial charge < -0.3 is 17.8 Å². The summed E-state index contributed by atoms with van der Waals surface area (Å²) in [4.78, 5) is 0. The maximum atomic E-state index is 6.00. The number of nitrogens with zero attached hydrogens (tertiary/aromatic N) is 4. The van der Waals surface area contributed by atoms with Crippen molar-refractivity contribution in [2.75, 3.05) is 0 Å². The topological polar surface area (TPSA) is 184 Å². The van der Waals surface area contributed by atoms with Gasteiger partial charge in [0, 0.05) is 0 Å². The second kappa shape index (κ2) is 34.3. The van der Waals surface area contributed by atoms with Gasteiger partial charge in [0.05, 0.1) is 12.4 Å². The lowest BCUT2D eigenvalue weighted by Gasteiger charge is -1.58. The van der Waals surface area contributed by atoms with E-state index in [2.05, 4.69) is 32.1 Å². The number of nitrogens with two attached hydrogens (primary N) is 2. The zero-order chi connectivity index (χ0) is 8.24. The minimum absolute atomic E-state index is 0. The van der Waals surface area contributed by atoms with Crippen molar-refractivity contribution in [1.82, 2.24) is 6.15 Å². The number of hydrazone groups is 2. The Kier molecular flexibility index (Phi) is 64.1. The molecule has 0 aliphatic carbocycles. The van der Waals surface area contributed by atoms with Crippen molar-refractivity contribution in [3.05, 3.63) is 0 Å². The highest BCUT2D eigenvalue weighted by molar-refractivity contribution is 5.53. The SMILES string of the molecule is N.N=NC=NN.N=NC=NN.[ClH2+]. The average molecular weight is 199 g/mol. The molecule has 0 rings (SSSR count). The normalized spacial score (nSPS) is 7.33. The Hall–Kier alpha value is -1.61. The minimum atomic E-state index is 0. The first-order chi connectivity index (χ1) is 4.83. The highest BCUT2D eigenvalue weighted by atomic mass is 35.5. The first-order valence-electron chi connectivity index (χ1n) is 2.00. The van der Waals surface area contributed by atoms with E-state index in [4.69, 9.17) is 11.1 Å². The fourth-order valence-corrected chi connectivity index (χ4v) is 0.0667. The van der Waals surface area contributed by atoms with Crippen molar-refractivity contribution in [2.45, 2.75) is 0 Å². The maximum Gasteiger partial charge on any atom is 0.156 e. The van der Waals surface area contributed by atoms with Gasteiger partial charge in [-0.2, -0.15) is 10.2 Å². The Morgan fingerprint density at radius 2 is 1.17 bits per heavy atom. The molecule has 0 aliphatic rings. The van der Waals surface area contributed by atoms with Crippen molar-refractivity contribution < 1.29 is 12.4 Å². The van der Waals surface area contributed by atoms with Crippen LogP contribution in [-0.4, -0.2) is 12.7 Å². The number of hydrogen-bond donors (Lipinski definition) is 5. The van der Waals surface area contributed by atoms with E-state index in [9.17, 15) is 0 Å². The summed E-state index contributed by atoms with van der Waals surface area (Å²) in [5, 5.41) is 11.1. The van der Waals surface area contributed by atoms with Crippen LogP contribution in [0.5, 0.6) is 0 Å². The van der Waals surface area contributed by atoms with Crippen molar-refractivity contribution in [1.29, 1.82) is 11.1 Å². The fourth-order valence-electron chi connectivity index (χ4n) is 0.0667. The molecule has 72 valence electrons. The molecule has 0 aromatic rings. The summed E-state index contributed by atoms with van der Waals surface area (Å²) in [6, 6.07) is 0. The monoisotopic (exact) mass is 198 g/mol. The predicted octanol–water partition coefficient (Wildman–Crippen LogP) is -0.535. The van der Waals surface area contributed by atoms with Crippen molar-refractivity contribution in [3.8, 4) is 0 Å². The zero-order valence-electron chi connectivity index (χ0n) is 6.25. The molecule has 0 saturated carbocycles. The van der Waals surface area contributed by atoms with Crippen LogP contribution in [0.15, 0.2) is 20.4 Å². The molecule has 0 heterocycles. The van der Waals surface area contributed by atoms with Crippen LogP contribution < -0.4 is 17.8 Å². The third-order valence-electron chi connectivity index (χ3n) is 0.249. The second-order valence-electron chi connectivity index (χ2n) is 0.787. The Labute approximate surface area is 75.3 Å². The van der Waals surface area contributed by atoms with Crippen molar-refractivity contribution in [3.63, 3.8) is 0 Å². The number of rotatable bonds is 2. The molecule has 0 aromatic heterocycles. The standard InChI is InChI=1S/2CH4N4.ClH2.H3N/c2*2-4-1-5-3;;/h2*1-2H,3H2;1H2;1H3/q;;+1;. The lowest BCUT2D eigenvalue weighted by molar-refractivity contribution is -0.00000326. The van der Waals surface area contributed by atoms with Crippen LogP contribution in [0.25, 0.3) is 0 Å². The summed E-state index contributed by atoms with van der Waals surface area (Å²) >= 11 is 0. The van der Waals surface area contributed by atoms with Gasteiger partial charge in [-0.15, -0.1) is 10.2 Å². The van der Waals surface area contributed by atoms with Crippen molar-refractivity contribution in [2.24, 2.45) is 32.1 Å². The molecule has 9 nitrogen and oxygen atoms in total. The summed E-state index contributed by atoms with van der Waals surface area (Å²) in [7, 11) is 0. The highest BCUT2D eigenvalue weighted by Crippen LogP contribution is 1.45. The van der Waals surface area contributed by atoms with Crippen LogP contribution >= 0.6 is 0 Å². The Morgan fingerprint density at radius 1 is 0.917 bits per heavy atom. The molecule has 0 radical (unpaired) electrons. The quantitative estimate of drug-likeness (QED) is 0.131. The smallest absolute Gasteiger partial charge is 0.156 e. The molecular formula is C2H13ClN9+. The summed E-state index contributed by atoms with van der Waals surface area (Å²) < 4.78 is 0. The molecule has 0 atom stereocenters. The molecule has 0 fully saturated rings. The molecule has 10 heteroatoms. The van der Waals surface area contributed by atoms with E-state index in [-0.39, 0.29) is 18.6 Å². The minimum Gasteiger partial charge on any atom is -0.344 e. The number of nitrogens with one attached hydrogen (secondary N) is 2. The second-order valence-corrected chi connectivity index (χ2v) is 0.787. The van der Waals surface area contributed by atoms with Gasteiger partial charge >= 0.3 is 0 Å². The van der Waals surface area contributed by atoms with E-state index >= 15 is 0 Å². The van der Waals surface area contributed by atoms with Crippen LogP contribution in [0.4, 0.5) is 0 Å². The van der Waals surface area contributed by atoms with E-state index in [0.29, 0.717) is 0 Å². The summed E-state index contributed by atoms with van der Waals surface area (Å²) in [6.45, 7) is 0. The highest BCUT2D eigenvalue weighted by Gasteiger charge is 1.44. The molecule has 0 aliphatic heterocycles. The summed E-state index contributed by atoms with van der Waals surface area (Å²) in [5.41, 5.74) is 12.0. The van der Waals surface area contributed by atoms with Crippen LogP contribution in [0.3, 0.4) is 0 Å². The van der Waals surface area contributed by atoms with Crippen LogP contribution in [-0.2, 0) is 0 Å². The predicted molar refractivity (Wildman–Crippen MR) is 43.5 cm³/mol. The van der Waals surface area contributed by atoms with Gasteiger partial charge in [-0.05, 0) is 0 Å². The van der Waals surface area contributed by atoms with Crippen LogP contribution in [0.2, 0.25) is 0 Å². The summed E-state index contributed by atoms with van der Waals surface area (Å²) in [6.07, 6.45) is 1.89. The lowest BCUT2D eigenvalue weighted by Crippen LogP contribution is -1.75. The maximum absolute atomic E-state index is 6.00. The van der Waals surface area contributed by atoms with E-state index in [1.165, 1.54) is 0 Å². The average Bonchev–Trinajstić information content (AvgIpc) is 1.93. The molecule has 0 saturated heterocycles. The molecular weight excluding hydrogens is 186 g/mol. The molecule has 9 N–H and O–H groups in total. The van der Waals surface area contributed by atoms with Gasteiger partial charge in [-0.25, -0.2) is 11.1 Å². The van der Waals surface area contributed by atoms with Gasteiger partial charge in [0.15, 0.2) is 12.7 Å². The van der Waals surface area contributed by atoms with Crippen molar-refractivity contribution >= 4 is 12.7 Å². The third-order valence-corrected chi connectivity index (χ3v) is 0.249. The Bertz CT molecular complexity index is 112. The van der Waals surface area contributed by atoms with Crippen LogP contribution in [0, 0.1) is 23.5 Å². The Morgan fingerprint density at radius 3 is 1.17 bits per heavy atom. The molecule has 0 spiro atoms. The van der Waals surface area contributed by atoms with Gasteiger partial charge in [-0.1, -0.05) is 0 Å².